The van der Waals surface area contributed by atoms with Crippen molar-refractivity contribution in [1.29, 1.82) is 0 Å². The van der Waals surface area contributed by atoms with Gasteiger partial charge in [-0.1, -0.05) is 29.8 Å². The summed E-state index contributed by atoms with van der Waals surface area (Å²) in [7, 11) is 2.16. The Morgan fingerprint density at radius 1 is 0.958 bits per heavy atom. The summed E-state index contributed by atoms with van der Waals surface area (Å²) in [5, 5.41) is 0.858. The molecule has 2 unspecified atom stereocenters. The molecule has 0 amide bonds. The van der Waals surface area contributed by atoms with Crippen molar-refractivity contribution in [2.24, 2.45) is 0 Å². The van der Waals surface area contributed by atoms with E-state index in [9.17, 15) is 0 Å². The van der Waals surface area contributed by atoms with Gasteiger partial charge in [-0.05, 0) is 60.7 Å². The lowest BCUT2D eigenvalue weighted by atomic mass is 9.88. The zero-order valence-corrected chi connectivity index (χ0v) is 14.8. The van der Waals surface area contributed by atoms with E-state index in [0.717, 1.165) is 48.7 Å². The summed E-state index contributed by atoms with van der Waals surface area (Å²) in [6, 6.07) is 14.4. The van der Waals surface area contributed by atoms with E-state index in [0.29, 0.717) is 0 Å². The Kier molecular flexibility index (Phi) is 4.15. The van der Waals surface area contributed by atoms with Crippen LogP contribution in [0.4, 0.5) is 11.4 Å². The lowest BCUT2D eigenvalue weighted by molar-refractivity contribution is 0.313. The molecule has 2 fully saturated rings. The maximum Gasteiger partial charge on any atom is 0.0639 e. The minimum Gasteiger partial charge on any atom is -0.399 e. The molecule has 2 aliphatic carbocycles. The van der Waals surface area contributed by atoms with E-state index in [1.807, 2.05) is 24.3 Å². The number of nitrogens with zero attached hydrogens (tertiary/aromatic N) is 2. The van der Waals surface area contributed by atoms with Crippen LogP contribution in [0.5, 0.6) is 0 Å². The first-order valence-electron chi connectivity index (χ1n) is 8.71. The van der Waals surface area contributed by atoms with Gasteiger partial charge in [0.1, 0.15) is 0 Å². The third-order valence-electron chi connectivity index (χ3n) is 5.40. The van der Waals surface area contributed by atoms with E-state index in [1.54, 1.807) is 5.56 Å². The van der Waals surface area contributed by atoms with Gasteiger partial charge in [0.05, 0.1) is 10.7 Å². The van der Waals surface area contributed by atoms with Crippen LogP contribution in [0.25, 0.3) is 0 Å². The number of anilines is 2. The highest BCUT2D eigenvalue weighted by molar-refractivity contribution is 6.33. The second-order valence-electron chi connectivity index (χ2n) is 7.08. The van der Waals surface area contributed by atoms with Crippen LogP contribution in [0.1, 0.15) is 29.4 Å². The maximum absolute atomic E-state index is 6.14. The molecule has 5 rings (SSSR count). The minimum atomic E-state index is 0.858. The molecule has 2 atom stereocenters. The van der Waals surface area contributed by atoms with Crippen LogP contribution < -0.4 is 10.6 Å². The molecule has 0 spiro atoms. The standard InChI is InChI=1S/C11H15ClN2.C9H9N/c1-13-6-8-14(9-7-13)11-5-3-2-4-10(11)12;10-5-1-2-6-7(3-5)9-4-8(6)9/h2-5H,6-9H2,1H3;1-3,8-9H,4,10H2. The second kappa shape index (κ2) is 6.30. The zero-order chi connectivity index (χ0) is 16.7. The van der Waals surface area contributed by atoms with Crippen LogP contribution in [0, 0.1) is 0 Å². The van der Waals surface area contributed by atoms with Crippen LogP contribution in [-0.4, -0.2) is 38.1 Å². The van der Waals surface area contributed by atoms with Crippen LogP contribution in [0.2, 0.25) is 5.02 Å². The number of benzene rings is 2. The molecule has 1 saturated carbocycles. The Morgan fingerprint density at radius 3 is 2.42 bits per heavy atom. The second-order valence-corrected chi connectivity index (χ2v) is 7.49. The van der Waals surface area contributed by atoms with Gasteiger partial charge in [0.2, 0.25) is 0 Å². The van der Waals surface area contributed by atoms with Crippen molar-refractivity contribution in [3.63, 3.8) is 0 Å². The molecule has 3 aliphatic rings. The fourth-order valence-electron chi connectivity index (χ4n) is 3.79. The minimum absolute atomic E-state index is 0.858. The fourth-order valence-corrected chi connectivity index (χ4v) is 4.05. The summed E-state index contributed by atoms with van der Waals surface area (Å²) in [6.45, 7) is 4.37. The number of hydrogen-bond acceptors (Lipinski definition) is 3. The third-order valence-corrected chi connectivity index (χ3v) is 5.72. The summed E-state index contributed by atoms with van der Waals surface area (Å²) in [5.74, 6) is 1.83. The molecule has 1 saturated heterocycles. The zero-order valence-electron chi connectivity index (χ0n) is 14.1. The molecule has 2 N–H and O–H groups in total. The average molecular weight is 342 g/mol. The van der Waals surface area contributed by atoms with E-state index in [2.05, 4.69) is 35.0 Å². The van der Waals surface area contributed by atoms with E-state index in [1.165, 1.54) is 17.7 Å². The monoisotopic (exact) mass is 341 g/mol. The first-order chi connectivity index (χ1) is 11.6. The van der Waals surface area contributed by atoms with Gasteiger partial charge in [0.25, 0.3) is 0 Å². The number of nitrogen functional groups attached to an aromatic ring is 1. The van der Waals surface area contributed by atoms with Crippen molar-refractivity contribution >= 4 is 23.0 Å². The number of rotatable bonds is 1. The molecule has 0 aromatic heterocycles. The van der Waals surface area contributed by atoms with Gasteiger partial charge in [-0.2, -0.15) is 0 Å². The van der Waals surface area contributed by atoms with Gasteiger partial charge >= 0.3 is 0 Å². The van der Waals surface area contributed by atoms with Crippen LogP contribution in [0.15, 0.2) is 42.5 Å². The first-order valence-corrected chi connectivity index (χ1v) is 9.08. The predicted molar refractivity (Wildman–Crippen MR) is 102 cm³/mol. The highest BCUT2D eigenvalue weighted by Crippen LogP contribution is 2.65. The average Bonchev–Trinajstić information content (AvgIpc) is 3.30. The number of halogens is 1. The van der Waals surface area contributed by atoms with E-state index in [-0.39, 0.29) is 0 Å². The van der Waals surface area contributed by atoms with Crippen molar-refractivity contribution in [3.05, 3.63) is 58.6 Å². The van der Waals surface area contributed by atoms with Gasteiger partial charge < -0.3 is 15.5 Å². The van der Waals surface area contributed by atoms with Gasteiger partial charge in [0, 0.05) is 31.9 Å². The van der Waals surface area contributed by atoms with Crippen molar-refractivity contribution in [1.82, 2.24) is 4.90 Å². The number of hydrogen-bond donors (Lipinski definition) is 1. The lowest BCUT2D eigenvalue weighted by Crippen LogP contribution is -2.44. The van der Waals surface area contributed by atoms with E-state index >= 15 is 0 Å². The van der Waals surface area contributed by atoms with Gasteiger partial charge in [0.15, 0.2) is 0 Å². The molecule has 126 valence electrons. The Labute approximate surface area is 149 Å². The molecule has 24 heavy (non-hydrogen) atoms. The quantitative estimate of drug-likeness (QED) is 0.797. The summed E-state index contributed by atoms with van der Waals surface area (Å²) < 4.78 is 0. The molecule has 4 heteroatoms. The maximum atomic E-state index is 6.14. The lowest BCUT2D eigenvalue weighted by Gasteiger charge is -2.34. The van der Waals surface area contributed by atoms with Crippen LogP contribution in [0.3, 0.4) is 0 Å². The summed E-state index contributed by atoms with van der Waals surface area (Å²) >= 11 is 6.14. The highest BCUT2D eigenvalue weighted by Gasteiger charge is 2.50. The first kappa shape index (κ1) is 15.8. The van der Waals surface area contributed by atoms with Gasteiger partial charge in [-0.25, -0.2) is 0 Å². The molecular formula is C20H24ClN3. The van der Waals surface area contributed by atoms with Crippen molar-refractivity contribution in [2.45, 2.75) is 18.3 Å². The Bertz CT molecular complexity index is 737. The van der Waals surface area contributed by atoms with Crippen molar-refractivity contribution in [2.75, 3.05) is 43.9 Å². The Balaban J connectivity index is 0.000000127. The van der Waals surface area contributed by atoms with Gasteiger partial charge in [-0.15, -0.1) is 0 Å². The van der Waals surface area contributed by atoms with Gasteiger partial charge in [-0.3, -0.25) is 0 Å². The highest BCUT2D eigenvalue weighted by atomic mass is 35.5. The smallest absolute Gasteiger partial charge is 0.0639 e. The fraction of sp³-hybridized carbons (Fsp3) is 0.400. The summed E-state index contributed by atoms with van der Waals surface area (Å²) in [4.78, 5) is 4.69. The molecule has 2 aromatic carbocycles. The number of piperazine rings is 1. The third kappa shape index (κ3) is 2.99. The van der Waals surface area contributed by atoms with Crippen LogP contribution in [-0.2, 0) is 0 Å². The molecule has 1 aliphatic heterocycles. The largest absolute Gasteiger partial charge is 0.399 e. The summed E-state index contributed by atoms with van der Waals surface area (Å²) in [5.41, 5.74) is 10.8. The molecule has 0 radical (unpaired) electrons. The normalized spacial score (nSPS) is 24.2. The van der Waals surface area contributed by atoms with Crippen molar-refractivity contribution < 1.29 is 0 Å². The SMILES string of the molecule is CN1CCN(c2ccccc2Cl)CC1.Nc1ccc2c(c1)C1CC21. The molecule has 1 heterocycles. The molecule has 0 bridgehead atoms. The van der Waals surface area contributed by atoms with Crippen LogP contribution >= 0.6 is 11.6 Å². The molecule has 2 aromatic rings. The number of para-hydroxylation sites is 1. The topological polar surface area (TPSA) is 32.5 Å². The predicted octanol–water partition coefficient (Wildman–Crippen LogP) is 3.95. The van der Waals surface area contributed by atoms with E-state index in [4.69, 9.17) is 17.3 Å². The van der Waals surface area contributed by atoms with E-state index < -0.39 is 0 Å². The number of nitrogens with two attached hydrogens (primary N) is 1. The van der Waals surface area contributed by atoms with Crippen molar-refractivity contribution in [3.8, 4) is 0 Å². The Hall–Kier alpha value is -1.71. The Morgan fingerprint density at radius 2 is 1.67 bits per heavy atom. The molecule has 3 nitrogen and oxygen atoms in total. The number of likely N-dealkylation sites (N-methyl/N-ethyl adjacent to an activating group) is 1. The summed E-state index contributed by atoms with van der Waals surface area (Å²) in [6.07, 6.45) is 1.39. The number of fused-ring (bicyclic) bond motifs is 4. The molecular weight excluding hydrogens is 318 g/mol.